The Morgan fingerprint density at radius 1 is 1.23 bits per heavy atom. The van der Waals surface area contributed by atoms with Gasteiger partial charge in [0.15, 0.2) is 5.76 Å². The van der Waals surface area contributed by atoms with Gasteiger partial charge in [0.2, 0.25) is 0 Å². The third kappa shape index (κ3) is 3.26. The van der Waals surface area contributed by atoms with Crippen molar-refractivity contribution in [3.8, 4) is 5.75 Å². The maximum absolute atomic E-state index is 12.7. The van der Waals surface area contributed by atoms with Crippen molar-refractivity contribution >= 4 is 33.9 Å². The molecule has 3 heterocycles. The van der Waals surface area contributed by atoms with Gasteiger partial charge in [-0.25, -0.2) is 9.59 Å². The number of hydrogen-bond acceptors (Lipinski definition) is 8. The highest BCUT2D eigenvalue weighted by Crippen LogP contribution is 2.49. The topological polar surface area (TPSA) is 163 Å². The highest BCUT2D eigenvalue weighted by molar-refractivity contribution is 7.86. The lowest BCUT2D eigenvalue weighted by Crippen LogP contribution is -2.73. The molecule has 1 aromatic rings. The lowest BCUT2D eigenvalue weighted by Gasteiger charge is -2.52. The van der Waals surface area contributed by atoms with Crippen LogP contribution in [-0.4, -0.2) is 71.4 Å². The molecule has 0 bridgehead atoms. The molecule has 3 aliphatic heterocycles. The normalized spacial score (nSPS) is 24.8. The number of piperidine rings is 1. The van der Waals surface area contributed by atoms with Crippen LogP contribution < -0.4 is 5.32 Å². The first-order valence-corrected chi connectivity index (χ1v) is 10.6. The Kier molecular flexibility index (Phi) is 4.49. The van der Waals surface area contributed by atoms with Crippen molar-refractivity contribution < 1.29 is 41.9 Å². The SMILES string of the molecule is CS(=O)(=O)OC1=C(OC(=O)O)N2C(=O)[C@@H]3[C@H]2C1CCN3C(=O)Nc1ccc(O)cc1. The third-order valence-corrected chi connectivity index (χ3v) is 5.59. The van der Waals surface area contributed by atoms with E-state index in [2.05, 4.69) is 10.1 Å². The fourth-order valence-corrected chi connectivity index (χ4v) is 4.53. The van der Waals surface area contributed by atoms with E-state index in [1.807, 2.05) is 0 Å². The number of benzene rings is 1. The summed E-state index contributed by atoms with van der Waals surface area (Å²) in [5.41, 5.74) is 0.407. The highest BCUT2D eigenvalue weighted by Gasteiger charge is 2.65. The molecule has 0 aliphatic carbocycles. The average molecular weight is 439 g/mol. The largest absolute Gasteiger partial charge is 0.512 e. The first-order chi connectivity index (χ1) is 14.1. The summed E-state index contributed by atoms with van der Waals surface area (Å²) >= 11 is 0. The van der Waals surface area contributed by atoms with E-state index in [4.69, 9.17) is 9.29 Å². The molecule has 3 aliphatic rings. The molecule has 1 unspecified atom stereocenters. The smallest absolute Gasteiger partial charge is 0.508 e. The molecule has 3 atom stereocenters. The average Bonchev–Trinajstić information content (AvgIpc) is 2.92. The molecular weight excluding hydrogens is 422 g/mol. The predicted octanol–water partition coefficient (Wildman–Crippen LogP) is 0.679. The van der Waals surface area contributed by atoms with Crippen LogP contribution in [-0.2, 0) is 23.8 Å². The molecule has 2 saturated heterocycles. The van der Waals surface area contributed by atoms with E-state index >= 15 is 0 Å². The maximum atomic E-state index is 12.7. The number of hydrogen-bond donors (Lipinski definition) is 3. The molecule has 4 rings (SSSR count). The minimum atomic E-state index is -4.01. The number of carboxylic acid groups (broad SMARTS) is 1. The van der Waals surface area contributed by atoms with Gasteiger partial charge in [-0.3, -0.25) is 9.69 Å². The number of β-lactam (4-membered cyclic amide) rings is 1. The lowest BCUT2D eigenvalue weighted by molar-refractivity contribution is -0.160. The van der Waals surface area contributed by atoms with E-state index in [0.717, 1.165) is 11.2 Å². The summed E-state index contributed by atoms with van der Waals surface area (Å²) < 4.78 is 32.9. The van der Waals surface area contributed by atoms with Crippen LogP contribution in [0.3, 0.4) is 0 Å². The van der Waals surface area contributed by atoms with Crippen molar-refractivity contribution in [2.75, 3.05) is 18.1 Å². The Morgan fingerprint density at radius 3 is 2.50 bits per heavy atom. The van der Waals surface area contributed by atoms with Crippen LogP contribution in [0.2, 0.25) is 0 Å². The van der Waals surface area contributed by atoms with Crippen LogP contribution in [0, 0.1) is 5.92 Å². The number of nitrogens with zero attached hydrogens (tertiary/aromatic N) is 2. The van der Waals surface area contributed by atoms with Gasteiger partial charge in [-0.05, 0) is 30.7 Å². The number of rotatable bonds is 4. The molecule has 2 fully saturated rings. The third-order valence-electron chi connectivity index (χ3n) is 5.11. The van der Waals surface area contributed by atoms with E-state index < -0.39 is 52.1 Å². The Balaban J connectivity index is 1.58. The molecule has 12 nitrogen and oxygen atoms in total. The molecule has 13 heteroatoms. The van der Waals surface area contributed by atoms with Crippen LogP contribution in [0.1, 0.15) is 6.42 Å². The second-order valence-electron chi connectivity index (χ2n) is 7.03. The second-order valence-corrected chi connectivity index (χ2v) is 8.61. The van der Waals surface area contributed by atoms with E-state index in [0.29, 0.717) is 5.69 Å². The van der Waals surface area contributed by atoms with Crippen molar-refractivity contribution in [3.63, 3.8) is 0 Å². The summed E-state index contributed by atoms with van der Waals surface area (Å²) in [5.74, 6) is -1.94. The summed E-state index contributed by atoms with van der Waals surface area (Å²) in [6, 6.07) is 3.59. The molecular formula is C17H17N3O9S. The quantitative estimate of drug-likeness (QED) is 0.265. The van der Waals surface area contributed by atoms with E-state index in [9.17, 15) is 27.9 Å². The fraction of sp³-hybridized carbons (Fsp3) is 0.353. The van der Waals surface area contributed by atoms with Crippen LogP contribution >= 0.6 is 0 Å². The van der Waals surface area contributed by atoms with Gasteiger partial charge in [0.1, 0.15) is 11.8 Å². The standard InChI is InChI=1S/C17H17N3O9S/c1-30(26,27)29-13-10-6-7-19(16(23)18-8-2-4-9(21)5-3-8)12-11(10)20(14(12)22)15(13)28-17(24)25/h2-5,10-12,21H,6-7H2,1H3,(H,18,23)(H,24,25)/t10?,11-,12+/m1/s1. The molecule has 0 radical (unpaired) electrons. The number of phenols is 1. The second kappa shape index (κ2) is 6.79. The van der Waals surface area contributed by atoms with Crippen LogP contribution in [0.5, 0.6) is 5.75 Å². The van der Waals surface area contributed by atoms with Gasteiger partial charge in [0.05, 0.1) is 12.3 Å². The van der Waals surface area contributed by atoms with Crippen molar-refractivity contribution in [3.05, 3.63) is 35.9 Å². The predicted molar refractivity (Wildman–Crippen MR) is 98.4 cm³/mol. The minimum Gasteiger partial charge on any atom is -0.508 e. The Bertz CT molecular complexity index is 1070. The van der Waals surface area contributed by atoms with E-state index in [1.54, 1.807) is 0 Å². The molecule has 3 N–H and O–H groups in total. The van der Waals surface area contributed by atoms with Crippen molar-refractivity contribution in [1.82, 2.24) is 9.80 Å². The highest BCUT2D eigenvalue weighted by atomic mass is 32.2. The first kappa shape index (κ1) is 19.8. The van der Waals surface area contributed by atoms with Gasteiger partial charge in [0, 0.05) is 18.2 Å². The van der Waals surface area contributed by atoms with E-state index in [1.165, 1.54) is 29.2 Å². The number of anilines is 1. The van der Waals surface area contributed by atoms with Gasteiger partial charge < -0.3 is 29.3 Å². The lowest BCUT2D eigenvalue weighted by atomic mass is 9.80. The molecule has 3 amide bonds. The van der Waals surface area contributed by atoms with Crippen LogP contribution in [0.25, 0.3) is 0 Å². The molecule has 0 aromatic heterocycles. The summed E-state index contributed by atoms with van der Waals surface area (Å²) in [6.45, 7) is 0.103. The van der Waals surface area contributed by atoms with Crippen molar-refractivity contribution in [2.45, 2.75) is 18.5 Å². The summed E-state index contributed by atoms with van der Waals surface area (Å²) in [4.78, 5) is 38.8. The number of carbonyl (C=O) groups is 3. The van der Waals surface area contributed by atoms with Gasteiger partial charge in [-0.15, -0.1) is 0 Å². The number of phenolic OH excluding ortho intramolecular Hbond substituents is 1. The van der Waals surface area contributed by atoms with Gasteiger partial charge in [0.25, 0.3) is 11.8 Å². The molecule has 0 saturated carbocycles. The number of likely N-dealkylation sites (tertiary alicyclic amines) is 1. The molecule has 160 valence electrons. The summed E-state index contributed by atoms with van der Waals surface area (Å²) in [6.07, 6.45) is -0.699. The maximum Gasteiger partial charge on any atom is 0.512 e. The minimum absolute atomic E-state index is 0.0278. The van der Waals surface area contributed by atoms with Crippen molar-refractivity contribution in [2.24, 2.45) is 5.92 Å². The number of ether oxygens (including phenoxy) is 1. The zero-order valence-electron chi connectivity index (χ0n) is 15.5. The summed E-state index contributed by atoms with van der Waals surface area (Å²) in [7, 11) is -4.01. The number of nitrogens with one attached hydrogen (secondary N) is 1. The number of amides is 3. The van der Waals surface area contributed by atoms with Crippen molar-refractivity contribution in [1.29, 1.82) is 0 Å². The fourth-order valence-electron chi connectivity index (χ4n) is 4.01. The zero-order chi connectivity index (χ0) is 21.8. The zero-order valence-corrected chi connectivity index (χ0v) is 16.3. The molecule has 30 heavy (non-hydrogen) atoms. The first-order valence-electron chi connectivity index (χ1n) is 8.81. The number of urea groups is 1. The Hall–Kier alpha value is -3.48. The van der Waals surface area contributed by atoms with Gasteiger partial charge >= 0.3 is 22.3 Å². The van der Waals surface area contributed by atoms with Gasteiger partial charge in [-0.1, -0.05) is 0 Å². The number of aromatic hydroxyl groups is 1. The number of carbonyl (C=O) groups excluding carboxylic acids is 2. The monoisotopic (exact) mass is 439 g/mol. The van der Waals surface area contributed by atoms with E-state index in [-0.39, 0.29) is 24.5 Å². The Labute approximate surface area is 170 Å². The van der Waals surface area contributed by atoms with Crippen LogP contribution in [0.15, 0.2) is 35.9 Å². The summed E-state index contributed by atoms with van der Waals surface area (Å²) in [5, 5.41) is 20.9. The van der Waals surface area contributed by atoms with Gasteiger partial charge in [-0.2, -0.15) is 8.42 Å². The van der Waals surface area contributed by atoms with Crippen LogP contribution in [0.4, 0.5) is 15.3 Å². The molecule has 0 spiro atoms. The molecule has 1 aromatic carbocycles. The Morgan fingerprint density at radius 2 is 1.90 bits per heavy atom.